The molecule has 2 aromatic carbocycles. The Morgan fingerprint density at radius 1 is 1.12 bits per heavy atom. The van der Waals surface area contributed by atoms with Crippen molar-refractivity contribution in [2.75, 3.05) is 33.4 Å². The number of hydrogen-bond donors (Lipinski definition) is 0. The van der Waals surface area contributed by atoms with Crippen molar-refractivity contribution in [3.63, 3.8) is 0 Å². The van der Waals surface area contributed by atoms with Crippen LogP contribution in [0.15, 0.2) is 54.7 Å². The lowest BCUT2D eigenvalue weighted by Gasteiger charge is -2.36. The molecule has 0 aliphatic carbocycles. The molecule has 33 heavy (non-hydrogen) atoms. The van der Waals surface area contributed by atoms with E-state index in [9.17, 15) is 4.79 Å². The summed E-state index contributed by atoms with van der Waals surface area (Å²) in [6, 6.07) is 17.2. The Balaban J connectivity index is 1.55. The van der Waals surface area contributed by atoms with Crippen molar-refractivity contribution in [3.05, 3.63) is 65.9 Å². The van der Waals surface area contributed by atoms with Crippen molar-refractivity contribution in [1.29, 1.82) is 0 Å². The maximum absolute atomic E-state index is 12.1. The molecular formula is C28H34N2O3. The molecule has 0 bridgehead atoms. The number of rotatable bonds is 8. The van der Waals surface area contributed by atoms with E-state index in [2.05, 4.69) is 54.4 Å². The second kappa shape index (κ2) is 10.9. The first-order chi connectivity index (χ1) is 16.1. The van der Waals surface area contributed by atoms with Crippen LogP contribution in [0.5, 0.6) is 0 Å². The SMILES string of the molecule is CCC(=O)N1CCC(C(OCCOC)c2ccc(-c3cc4ncccc4cc3C)cc2)CC1. The van der Waals surface area contributed by atoms with Crippen LogP contribution in [-0.2, 0) is 14.3 Å². The van der Waals surface area contributed by atoms with Gasteiger partial charge in [0.25, 0.3) is 0 Å². The summed E-state index contributed by atoms with van der Waals surface area (Å²) in [5.41, 5.74) is 5.82. The number of pyridine rings is 1. The highest BCUT2D eigenvalue weighted by Gasteiger charge is 2.29. The molecule has 0 radical (unpaired) electrons. The molecule has 1 aliphatic rings. The van der Waals surface area contributed by atoms with Crippen molar-refractivity contribution in [2.24, 2.45) is 5.92 Å². The summed E-state index contributed by atoms with van der Waals surface area (Å²) >= 11 is 0. The molecule has 174 valence electrons. The van der Waals surface area contributed by atoms with Gasteiger partial charge in [-0.05, 0) is 66.1 Å². The van der Waals surface area contributed by atoms with E-state index in [1.54, 1.807) is 7.11 Å². The van der Waals surface area contributed by atoms with Gasteiger partial charge in [0.15, 0.2) is 0 Å². The number of fused-ring (bicyclic) bond motifs is 1. The average Bonchev–Trinajstić information content (AvgIpc) is 2.86. The Morgan fingerprint density at radius 2 is 1.88 bits per heavy atom. The summed E-state index contributed by atoms with van der Waals surface area (Å²) in [6.07, 6.45) is 4.34. The number of ether oxygens (including phenoxy) is 2. The molecule has 0 saturated carbocycles. The molecule has 1 unspecified atom stereocenters. The van der Waals surface area contributed by atoms with Gasteiger partial charge in [-0.25, -0.2) is 0 Å². The van der Waals surface area contributed by atoms with E-state index in [-0.39, 0.29) is 12.0 Å². The van der Waals surface area contributed by atoms with Crippen LogP contribution in [0.25, 0.3) is 22.0 Å². The second-order valence-corrected chi connectivity index (χ2v) is 8.84. The number of carbonyl (C=O) groups excluding carboxylic acids is 1. The van der Waals surface area contributed by atoms with E-state index in [0.29, 0.717) is 25.6 Å². The summed E-state index contributed by atoms with van der Waals surface area (Å²) in [4.78, 5) is 18.6. The highest BCUT2D eigenvalue weighted by Crippen LogP contribution is 2.35. The third-order valence-electron chi connectivity index (χ3n) is 6.71. The standard InChI is InChI=1S/C28H34N2O3/c1-4-27(31)30-14-11-23(12-15-30)28(33-17-16-32-3)22-9-7-21(8-10-22)25-19-26-24(18-20(25)2)6-5-13-29-26/h5-10,13,18-19,23,28H,4,11-12,14-17H2,1-3H3. The summed E-state index contributed by atoms with van der Waals surface area (Å²) in [5.74, 6) is 0.634. The minimum atomic E-state index is 0.00689. The summed E-state index contributed by atoms with van der Waals surface area (Å²) < 4.78 is 11.5. The molecule has 1 fully saturated rings. The van der Waals surface area contributed by atoms with Gasteiger partial charge in [-0.2, -0.15) is 0 Å². The van der Waals surface area contributed by atoms with Crippen molar-refractivity contribution in [1.82, 2.24) is 9.88 Å². The number of likely N-dealkylation sites (tertiary alicyclic amines) is 1. The molecular weight excluding hydrogens is 412 g/mol. The van der Waals surface area contributed by atoms with Crippen molar-refractivity contribution >= 4 is 16.8 Å². The summed E-state index contributed by atoms with van der Waals surface area (Å²) in [6.45, 7) is 6.83. The molecule has 5 heteroatoms. The van der Waals surface area contributed by atoms with Crippen LogP contribution in [0.1, 0.15) is 43.4 Å². The molecule has 1 atom stereocenters. The number of aromatic nitrogens is 1. The quantitative estimate of drug-likeness (QED) is 0.425. The van der Waals surface area contributed by atoms with Crippen LogP contribution in [-0.4, -0.2) is 49.2 Å². The first-order valence-corrected chi connectivity index (χ1v) is 11.9. The zero-order valence-electron chi connectivity index (χ0n) is 19.9. The van der Waals surface area contributed by atoms with E-state index < -0.39 is 0 Å². The van der Waals surface area contributed by atoms with E-state index in [4.69, 9.17) is 9.47 Å². The fourth-order valence-electron chi connectivity index (χ4n) is 4.84. The smallest absolute Gasteiger partial charge is 0.222 e. The van der Waals surface area contributed by atoms with Gasteiger partial charge in [0.05, 0.1) is 24.8 Å². The predicted molar refractivity (Wildman–Crippen MR) is 132 cm³/mol. The van der Waals surface area contributed by atoms with E-state index >= 15 is 0 Å². The molecule has 3 aromatic rings. The van der Waals surface area contributed by atoms with Gasteiger partial charge >= 0.3 is 0 Å². The Kier molecular flexibility index (Phi) is 7.73. The van der Waals surface area contributed by atoms with Crippen molar-refractivity contribution < 1.29 is 14.3 Å². The Bertz CT molecular complexity index is 1070. The van der Waals surface area contributed by atoms with Crippen LogP contribution in [0.2, 0.25) is 0 Å². The van der Waals surface area contributed by atoms with Crippen LogP contribution in [0.4, 0.5) is 0 Å². The normalized spacial score (nSPS) is 15.7. The first kappa shape index (κ1) is 23.4. The molecule has 5 nitrogen and oxygen atoms in total. The largest absolute Gasteiger partial charge is 0.382 e. The maximum atomic E-state index is 12.1. The monoisotopic (exact) mass is 446 g/mol. The third kappa shape index (κ3) is 5.43. The molecule has 4 rings (SSSR count). The van der Waals surface area contributed by atoms with Gasteiger partial charge in [-0.3, -0.25) is 9.78 Å². The Morgan fingerprint density at radius 3 is 2.58 bits per heavy atom. The molecule has 1 aliphatic heterocycles. The summed E-state index contributed by atoms with van der Waals surface area (Å²) in [7, 11) is 1.70. The minimum Gasteiger partial charge on any atom is -0.382 e. The number of piperidine rings is 1. The lowest BCUT2D eigenvalue weighted by atomic mass is 9.86. The second-order valence-electron chi connectivity index (χ2n) is 8.84. The molecule has 0 N–H and O–H groups in total. The number of carbonyl (C=O) groups is 1. The van der Waals surface area contributed by atoms with Crippen LogP contribution >= 0.6 is 0 Å². The zero-order valence-corrected chi connectivity index (χ0v) is 19.9. The lowest BCUT2D eigenvalue weighted by molar-refractivity contribution is -0.133. The number of methoxy groups -OCH3 is 1. The number of nitrogens with zero attached hydrogens (tertiary/aromatic N) is 2. The highest BCUT2D eigenvalue weighted by atomic mass is 16.5. The number of hydrogen-bond acceptors (Lipinski definition) is 4. The van der Waals surface area contributed by atoms with Crippen LogP contribution in [0, 0.1) is 12.8 Å². The topological polar surface area (TPSA) is 51.7 Å². The maximum Gasteiger partial charge on any atom is 0.222 e. The molecule has 1 amide bonds. The lowest BCUT2D eigenvalue weighted by Crippen LogP contribution is -2.39. The van der Waals surface area contributed by atoms with Gasteiger partial charge in [0.1, 0.15) is 0 Å². The fraction of sp³-hybridized carbons (Fsp3) is 0.429. The highest BCUT2D eigenvalue weighted by molar-refractivity contribution is 5.86. The van der Waals surface area contributed by atoms with Gasteiger partial charge in [-0.1, -0.05) is 37.3 Å². The average molecular weight is 447 g/mol. The Hall–Kier alpha value is -2.76. The van der Waals surface area contributed by atoms with Gasteiger partial charge in [0.2, 0.25) is 5.91 Å². The molecule has 1 aromatic heterocycles. The predicted octanol–water partition coefficient (Wildman–Crippen LogP) is 5.56. The van der Waals surface area contributed by atoms with Crippen LogP contribution < -0.4 is 0 Å². The van der Waals surface area contributed by atoms with Gasteiger partial charge < -0.3 is 14.4 Å². The molecule has 2 heterocycles. The minimum absolute atomic E-state index is 0.00689. The van der Waals surface area contributed by atoms with Crippen molar-refractivity contribution in [3.8, 4) is 11.1 Å². The summed E-state index contributed by atoms with van der Waals surface area (Å²) in [5, 5.41) is 1.16. The van der Waals surface area contributed by atoms with Gasteiger partial charge in [0, 0.05) is 38.2 Å². The molecule has 1 saturated heterocycles. The van der Waals surface area contributed by atoms with Crippen molar-refractivity contribution in [2.45, 2.75) is 39.2 Å². The number of benzene rings is 2. The zero-order chi connectivity index (χ0) is 23.2. The fourth-order valence-corrected chi connectivity index (χ4v) is 4.84. The van der Waals surface area contributed by atoms with E-state index in [1.165, 1.54) is 22.3 Å². The Labute approximate surface area is 196 Å². The first-order valence-electron chi connectivity index (χ1n) is 11.9. The number of amides is 1. The van der Waals surface area contributed by atoms with Crippen LogP contribution in [0.3, 0.4) is 0 Å². The number of aryl methyl sites for hydroxylation is 1. The molecule has 0 spiro atoms. The van der Waals surface area contributed by atoms with Gasteiger partial charge in [-0.15, -0.1) is 0 Å². The third-order valence-corrected chi connectivity index (χ3v) is 6.71. The van der Waals surface area contributed by atoms with E-state index in [0.717, 1.165) is 36.8 Å². The van der Waals surface area contributed by atoms with E-state index in [1.807, 2.05) is 24.1 Å².